The second-order valence-corrected chi connectivity index (χ2v) is 6.70. The molecule has 108 valence electrons. The second-order valence-electron chi connectivity index (χ2n) is 4.98. The van der Waals surface area contributed by atoms with Gasteiger partial charge >= 0.3 is 0 Å². The first-order valence-electron chi connectivity index (χ1n) is 6.51. The first-order valence-corrected chi connectivity index (χ1v) is 7.99. The van der Waals surface area contributed by atoms with Crippen molar-refractivity contribution in [2.45, 2.75) is 45.1 Å². The number of benzene rings is 1. The molecule has 4 nitrogen and oxygen atoms in total. The highest BCUT2D eigenvalue weighted by atomic mass is 32.2. The summed E-state index contributed by atoms with van der Waals surface area (Å²) in [5.41, 5.74) is 0.891. The van der Waals surface area contributed by atoms with Gasteiger partial charge in [-0.3, -0.25) is 0 Å². The molecule has 1 atom stereocenters. The van der Waals surface area contributed by atoms with Crippen LogP contribution in [0, 0.1) is 5.92 Å². The molecule has 1 N–H and O–H groups in total. The third-order valence-electron chi connectivity index (χ3n) is 3.28. The molecule has 5 heteroatoms. The fourth-order valence-corrected chi connectivity index (χ4v) is 3.09. The highest BCUT2D eigenvalue weighted by Crippen LogP contribution is 2.23. The molecule has 0 spiro atoms. The monoisotopic (exact) mass is 285 g/mol. The van der Waals surface area contributed by atoms with E-state index in [9.17, 15) is 8.42 Å². The average Bonchev–Trinajstić information content (AvgIpc) is 2.37. The Kier molecular flexibility index (Phi) is 5.38. The fraction of sp³-hybridized carbons (Fsp3) is 0.571. The Morgan fingerprint density at radius 2 is 1.89 bits per heavy atom. The molecule has 1 unspecified atom stereocenters. The average molecular weight is 285 g/mol. The van der Waals surface area contributed by atoms with Crippen LogP contribution in [-0.4, -0.2) is 21.6 Å². The standard InChI is InChI=1S/C14H23NO3S/c1-6-12-9-13(7-8-14(12)18-5)19(16,17)15-11(4)10(2)3/h7-11,15H,6H2,1-5H3. The highest BCUT2D eigenvalue weighted by molar-refractivity contribution is 7.89. The predicted molar refractivity (Wildman–Crippen MR) is 77.0 cm³/mol. The molecule has 0 heterocycles. The lowest BCUT2D eigenvalue weighted by Crippen LogP contribution is -2.36. The quantitative estimate of drug-likeness (QED) is 0.874. The number of ether oxygens (including phenoxy) is 1. The molecule has 0 aliphatic heterocycles. The summed E-state index contributed by atoms with van der Waals surface area (Å²) in [4.78, 5) is 0.289. The van der Waals surface area contributed by atoms with Crippen LogP contribution in [0.25, 0.3) is 0 Å². The van der Waals surface area contributed by atoms with Gasteiger partial charge in [-0.2, -0.15) is 0 Å². The molecule has 1 aromatic rings. The van der Waals surface area contributed by atoms with Crippen molar-refractivity contribution in [2.75, 3.05) is 7.11 Å². The Morgan fingerprint density at radius 3 is 2.37 bits per heavy atom. The van der Waals surface area contributed by atoms with E-state index in [1.807, 2.05) is 27.7 Å². The van der Waals surface area contributed by atoms with Gasteiger partial charge in [0.25, 0.3) is 0 Å². The molecule has 0 radical (unpaired) electrons. The SMILES string of the molecule is CCc1cc(S(=O)(=O)NC(C)C(C)C)ccc1OC. The molecular weight excluding hydrogens is 262 g/mol. The van der Waals surface area contributed by atoms with E-state index in [0.29, 0.717) is 0 Å². The van der Waals surface area contributed by atoms with Gasteiger partial charge in [-0.1, -0.05) is 20.8 Å². The Morgan fingerprint density at radius 1 is 1.26 bits per heavy atom. The van der Waals surface area contributed by atoms with Gasteiger partial charge in [0, 0.05) is 6.04 Å². The normalized spacial score (nSPS) is 13.6. The molecule has 19 heavy (non-hydrogen) atoms. The maximum Gasteiger partial charge on any atom is 0.240 e. The Bertz CT molecular complexity index is 523. The molecule has 0 aliphatic rings. The van der Waals surface area contributed by atoms with Crippen LogP contribution in [0.3, 0.4) is 0 Å². The molecule has 0 bridgehead atoms. The minimum atomic E-state index is -3.47. The molecule has 0 amide bonds. The van der Waals surface area contributed by atoms with Crippen LogP contribution in [0.2, 0.25) is 0 Å². The summed E-state index contributed by atoms with van der Waals surface area (Å²) in [5.74, 6) is 0.969. The van der Waals surface area contributed by atoms with Crippen LogP contribution >= 0.6 is 0 Å². The zero-order chi connectivity index (χ0) is 14.6. The van der Waals surface area contributed by atoms with Gasteiger partial charge in [0.15, 0.2) is 0 Å². The Balaban J connectivity index is 3.08. The van der Waals surface area contributed by atoms with Crippen molar-refractivity contribution < 1.29 is 13.2 Å². The lowest BCUT2D eigenvalue weighted by atomic mass is 10.1. The summed E-state index contributed by atoms with van der Waals surface area (Å²) < 4.78 is 32.4. The number of hydrogen-bond acceptors (Lipinski definition) is 3. The van der Waals surface area contributed by atoms with Crippen LogP contribution in [-0.2, 0) is 16.4 Å². The van der Waals surface area contributed by atoms with Crippen LogP contribution in [0.15, 0.2) is 23.1 Å². The zero-order valence-electron chi connectivity index (χ0n) is 12.2. The van der Waals surface area contributed by atoms with Crippen LogP contribution in [0.1, 0.15) is 33.3 Å². The molecule has 0 aromatic heterocycles. The minimum absolute atomic E-state index is 0.0998. The minimum Gasteiger partial charge on any atom is -0.496 e. The largest absolute Gasteiger partial charge is 0.496 e. The predicted octanol–water partition coefficient (Wildman–Crippen LogP) is 2.58. The van der Waals surface area contributed by atoms with E-state index < -0.39 is 10.0 Å². The van der Waals surface area contributed by atoms with Crippen molar-refractivity contribution >= 4 is 10.0 Å². The Hall–Kier alpha value is -1.07. The number of hydrogen-bond donors (Lipinski definition) is 1. The first kappa shape index (κ1) is 16.0. The van der Waals surface area contributed by atoms with E-state index in [-0.39, 0.29) is 16.9 Å². The lowest BCUT2D eigenvalue weighted by Gasteiger charge is -2.18. The fourth-order valence-electron chi connectivity index (χ4n) is 1.65. The van der Waals surface area contributed by atoms with E-state index in [1.54, 1.807) is 25.3 Å². The number of sulfonamides is 1. The summed E-state index contributed by atoms with van der Waals surface area (Å²) in [7, 11) is -1.88. The maximum atomic E-state index is 12.3. The van der Waals surface area contributed by atoms with Gasteiger partial charge < -0.3 is 4.74 Å². The number of aryl methyl sites for hydroxylation is 1. The molecular formula is C14H23NO3S. The maximum absolute atomic E-state index is 12.3. The summed E-state index contributed by atoms with van der Waals surface area (Å²) >= 11 is 0. The topological polar surface area (TPSA) is 55.4 Å². The van der Waals surface area contributed by atoms with Crippen LogP contribution < -0.4 is 9.46 Å². The summed E-state index contributed by atoms with van der Waals surface area (Å²) in [6.45, 7) is 7.81. The molecule has 0 fully saturated rings. The number of rotatable bonds is 6. The van der Waals surface area contributed by atoms with Crippen molar-refractivity contribution in [1.29, 1.82) is 0 Å². The van der Waals surface area contributed by atoms with Gasteiger partial charge in [0.05, 0.1) is 12.0 Å². The molecule has 1 rings (SSSR count). The van der Waals surface area contributed by atoms with E-state index in [1.165, 1.54) is 0 Å². The van der Waals surface area contributed by atoms with E-state index >= 15 is 0 Å². The van der Waals surface area contributed by atoms with Crippen molar-refractivity contribution in [3.05, 3.63) is 23.8 Å². The van der Waals surface area contributed by atoms with Crippen molar-refractivity contribution in [3.63, 3.8) is 0 Å². The number of methoxy groups -OCH3 is 1. The van der Waals surface area contributed by atoms with Gasteiger partial charge in [0.1, 0.15) is 5.75 Å². The van der Waals surface area contributed by atoms with Crippen LogP contribution in [0.4, 0.5) is 0 Å². The van der Waals surface area contributed by atoms with Gasteiger partial charge in [0.2, 0.25) is 10.0 Å². The van der Waals surface area contributed by atoms with Crippen LogP contribution in [0.5, 0.6) is 5.75 Å². The number of nitrogens with one attached hydrogen (secondary N) is 1. The second kappa shape index (κ2) is 6.39. The van der Waals surface area contributed by atoms with Crippen molar-refractivity contribution in [3.8, 4) is 5.75 Å². The summed E-state index contributed by atoms with van der Waals surface area (Å²) in [5, 5.41) is 0. The van der Waals surface area contributed by atoms with E-state index in [2.05, 4.69) is 4.72 Å². The molecule has 0 saturated carbocycles. The third kappa shape index (κ3) is 3.94. The summed E-state index contributed by atoms with van der Waals surface area (Å²) in [6.07, 6.45) is 0.728. The van der Waals surface area contributed by atoms with Crippen molar-refractivity contribution in [1.82, 2.24) is 4.72 Å². The lowest BCUT2D eigenvalue weighted by molar-refractivity contribution is 0.409. The molecule has 0 saturated heterocycles. The summed E-state index contributed by atoms with van der Waals surface area (Å²) in [6, 6.07) is 4.85. The zero-order valence-corrected chi connectivity index (χ0v) is 13.0. The van der Waals surface area contributed by atoms with E-state index in [4.69, 9.17) is 4.74 Å². The van der Waals surface area contributed by atoms with Gasteiger partial charge in [-0.25, -0.2) is 13.1 Å². The van der Waals surface area contributed by atoms with Crippen molar-refractivity contribution in [2.24, 2.45) is 5.92 Å². The smallest absolute Gasteiger partial charge is 0.240 e. The third-order valence-corrected chi connectivity index (χ3v) is 4.84. The Labute approximate surface area is 116 Å². The van der Waals surface area contributed by atoms with Gasteiger partial charge in [-0.05, 0) is 43.0 Å². The highest BCUT2D eigenvalue weighted by Gasteiger charge is 2.20. The molecule has 0 aliphatic carbocycles. The molecule has 1 aromatic carbocycles. The first-order chi connectivity index (χ1) is 8.81. The van der Waals surface area contributed by atoms with E-state index in [0.717, 1.165) is 17.7 Å². The van der Waals surface area contributed by atoms with Gasteiger partial charge in [-0.15, -0.1) is 0 Å².